The maximum atomic E-state index is 12.5. The number of amides is 2. The summed E-state index contributed by atoms with van der Waals surface area (Å²) in [6.07, 6.45) is 4.22. The van der Waals surface area contributed by atoms with Crippen LogP contribution in [-0.2, 0) is 0 Å². The van der Waals surface area contributed by atoms with Crippen molar-refractivity contribution in [1.29, 1.82) is 0 Å². The molecule has 21 heavy (non-hydrogen) atoms. The standard InChI is InChI=1S/C17H21NO3/c1-11-6-7-14-15(8-11)17(21)18(16(14)20)9-12-4-2-3-5-13(12)10-19/h6-8,12-13,19H,2-5,9-10H2,1H3. The first-order valence-corrected chi connectivity index (χ1v) is 7.69. The van der Waals surface area contributed by atoms with Gasteiger partial charge >= 0.3 is 0 Å². The Hall–Kier alpha value is -1.68. The molecule has 4 heteroatoms. The monoisotopic (exact) mass is 287 g/mol. The molecule has 1 N–H and O–H groups in total. The molecule has 0 radical (unpaired) electrons. The number of aliphatic hydroxyl groups excluding tert-OH is 1. The van der Waals surface area contributed by atoms with E-state index in [4.69, 9.17) is 0 Å². The first-order valence-electron chi connectivity index (χ1n) is 7.69. The Labute approximate surface area is 124 Å². The Bertz CT molecular complexity index is 581. The zero-order valence-corrected chi connectivity index (χ0v) is 12.3. The smallest absolute Gasteiger partial charge is 0.261 e. The first-order chi connectivity index (χ1) is 10.1. The molecule has 2 aliphatic rings. The molecular weight excluding hydrogens is 266 g/mol. The minimum absolute atomic E-state index is 0.146. The number of hydrogen-bond donors (Lipinski definition) is 1. The molecule has 1 aromatic carbocycles. The zero-order chi connectivity index (χ0) is 15.0. The summed E-state index contributed by atoms with van der Waals surface area (Å²) in [4.78, 5) is 26.3. The molecule has 0 spiro atoms. The lowest BCUT2D eigenvalue weighted by atomic mass is 9.79. The van der Waals surface area contributed by atoms with E-state index in [1.165, 1.54) is 4.90 Å². The molecule has 1 fully saturated rings. The number of aliphatic hydroxyl groups is 1. The quantitative estimate of drug-likeness (QED) is 0.868. The van der Waals surface area contributed by atoms with Gasteiger partial charge in [0.1, 0.15) is 0 Å². The van der Waals surface area contributed by atoms with Gasteiger partial charge in [0.15, 0.2) is 0 Å². The number of carbonyl (C=O) groups is 2. The van der Waals surface area contributed by atoms with E-state index < -0.39 is 0 Å². The van der Waals surface area contributed by atoms with E-state index in [1.807, 2.05) is 13.0 Å². The van der Waals surface area contributed by atoms with Crippen LogP contribution in [-0.4, -0.2) is 35.0 Å². The summed E-state index contributed by atoms with van der Waals surface area (Å²) in [6, 6.07) is 5.40. The van der Waals surface area contributed by atoms with Gasteiger partial charge in [0, 0.05) is 13.2 Å². The van der Waals surface area contributed by atoms with Crippen LogP contribution in [0.1, 0.15) is 52.0 Å². The van der Waals surface area contributed by atoms with Crippen molar-refractivity contribution in [2.24, 2.45) is 11.8 Å². The Morgan fingerprint density at radius 2 is 1.76 bits per heavy atom. The van der Waals surface area contributed by atoms with Gasteiger partial charge in [-0.05, 0) is 43.7 Å². The highest BCUT2D eigenvalue weighted by Gasteiger charge is 2.38. The van der Waals surface area contributed by atoms with Crippen molar-refractivity contribution >= 4 is 11.8 Å². The molecule has 0 saturated heterocycles. The highest BCUT2D eigenvalue weighted by molar-refractivity contribution is 6.21. The fourth-order valence-electron chi connectivity index (χ4n) is 3.57. The van der Waals surface area contributed by atoms with Crippen LogP contribution in [0.2, 0.25) is 0 Å². The number of fused-ring (bicyclic) bond motifs is 1. The van der Waals surface area contributed by atoms with Crippen molar-refractivity contribution in [3.63, 3.8) is 0 Å². The molecule has 1 aliphatic carbocycles. The second kappa shape index (κ2) is 5.60. The lowest BCUT2D eigenvalue weighted by Crippen LogP contribution is -2.39. The van der Waals surface area contributed by atoms with Crippen LogP contribution in [0.3, 0.4) is 0 Å². The second-order valence-electron chi connectivity index (χ2n) is 6.26. The number of carbonyl (C=O) groups excluding carboxylic acids is 2. The van der Waals surface area contributed by atoms with Crippen LogP contribution in [0.15, 0.2) is 18.2 Å². The molecule has 3 rings (SSSR count). The Morgan fingerprint density at radius 1 is 1.10 bits per heavy atom. The normalized spacial score (nSPS) is 25.3. The molecule has 1 aromatic rings. The van der Waals surface area contributed by atoms with Gasteiger partial charge in [-0.25, -0.2) is 0 Å². The van der Waals surface area contributed by atoms with Gasteiger partial charge in [-0.1, -0.05) is 24.5 Å². The number of benzene rings is 1. The van der Waals surface area contributed by atoms with Crippen molar-refractivity contribution in [3.8, 4) is 0 Å². The summed E-state index contributed by atoms with van der Waals surface area (Å²) in [5, 5.41) is 9.49. The average molecular weight is 287 g/mol. The second-order valence-corrected chi connectivity index (χ2v) is 6.26. The van der Waals surface area contributed by atoms with Crippen molar-refractivity contribution in [1.82, 2.24) is 4.90 Å². The predicted octanol–water partition coefficient (Wildman–Crippen LogP) is 2.39. The fourth-order valence-corrected chi connectivity index (χ4v) is 3.57. The van der Waals surface area contributed by atoms with Crippen molar-refractivity contribution in [2.45, 2.75) is 32.6 Å². The minimum atomic E-state index is -0.183. The maximum absolute atomic E-state index is 12.5. The summed E-state index contributed by atoms with van der Waals surface area (Å²) in [7, 11) is 0. The van der Waals surface area contributed by atoms with Crippen molar-refractivity contribution in [2.75, 3.05) is 13.2 Å². The van der Waals surface area contributed by atoms with E-state index in [0.717, 1.165) is 31.2 Å². The van der Waals surface area contributed by atoms with Crippen LogP contribution >= 0.6 is 0 Å². The van der Waals surface area contributed by atoms with E-state index in [9.17, 15) is 14.7 Å². The van der Waals surface area contributed by atoms with Crippen LogP contribution in [0.25, 0.3) is 0 Å². The molecule has 2 unspecified atom stereocenters. The zero-order valence-electron chi connectivity index (χ0n) is 12.3. The maximum Gasteiger partial charge on any atom is 0.261 e. The summed E-state index contributed by atoms with van der Waals surface area (Å²) in [6.45, 7) is 2.51. The summed E-state index contributed by atoms with van der Waals surface area (Å²) >= 11 is 0. The molecule has 1 aliphatic heterocycles. The van der Waals surface area contributed by atoms with Gasteiger partial charge < -0.3 is 5.11 Å². The molecule has 2 amide bonds. The number of hydrogen-bond acceptors (Lipinski definition) is 3. The van der Waals surface area contributed by atoms with Crippen molar-refractivity contribution in [3.05, 3.63) is 34.9 Å². The van der Waals surface area contributed by atoms with E-state index in [2.05, 4.69) is 0 Å². The van der Waals surface area contributed by atoms with Crippen LogP contribution in [0, 0.1) is 18.8 Å². The third-order valence-corrected chi connectivity index (χ3v) is 4.84. The van der Waals surface area contributed by atoms with Crippen molar-refractivity contribution < 1.29 is 14.7 Å². The lowest BCUT2D eigenvalue weighted by molar-refractivity contribution is 0.0545. The summed E-state index contributed by atoms with van der Waals surface area (Å²) in [5.74, 6) is 0.0788. The van der Waals surface area contributed by atoms with E-state index >= 15 is 0 Å². The molecule has 1 saturated carbocycles. The average Bonchev–Trinajstić information content (AvgIpc) is 2.72. The third kappa shape index (κ3) is 2.48. The number of imide groups is 1. The SMILES string of the molecule is Cc1ccc2c(c1)C(=O)N(CC1CCCCC1CO)C2=O. The van der Waals surface area contributed by atoms with E-state index in [0.29, 0.717) is 17.7 Å². The van der Waals surface area contributed by atoms with Gasteiger partial charge in [-0.15, -0.1) is 0 Å². The van der Waals surface area contributed by atoms with Gasteiger partial charge in [-0.3, -0.25) is 14.5 Å². The van der Waals surface area contributed by atoms with Gasteiger partial charge in [0.25, 0.3) is 11.8 Å². The number of aryl methyl sites for hydroxylation is 1. The molecular formula is C17H21NO3. The van der Waals surface area contributed by atoms with Crippen LogP contribution in [0.4, 0.5) is 0 Å². The topological polar surface area (TPSA) is 57.6 Å². The predicted molar refractivity (Wildman–Crippen MR) is 79.1 cm³/mol. The number of nitrogens with zero attached hydrogens (tertiary/aromatic N) is 1. The Balaban J connectivity index is 1.81. The molecule has 112 valence electrons. The lowest BCUT2D eigenvalue weighted by Gasteiger charge is -2.32. The third-order valence-electron chi connectivity index (χ3n) is 4.84. The molecule has 2 atom stereocenters. The van der Waals surface area contributed by atoms with Crippen LogP contribution < -0.4 is 0 Å². The van der Waals surface area contributed by atoms with E-state index in [1.54, 1.807) is 12.1 Å². The Morgan fingerprint density at radius 3 is 2.48 bits per heavy atom. The van der Waals surface area contributed by atoms with Gasteiger partial charge in [0.2, 0.25) is 0 Å². The van der Waals surface area contributed by atoms with E-state index in [-0.39, 0.29) is 30.3 Å². The Kier molecular flexibility index (Phi) is 3.81. The van der Waals surface area contributed by atoms with Gasteiger partial charge in [-0.2, -0.15) is 0 Å². The summed E-state index contributed by atoms with van der Waals surface area (Å²) in [5.41, 5.74) is 2.03. The number of rotatable bonds is 3. The van der Waals surface area contributed by atoms with Crippen LogP contribution in [0.5, 0.6) is 0 Å². The molecule has 1 heterocycles. The highest BCUT2D eigenvalue weighted by Crippen LogP contribution is 2.33. The molecule has 0 bridgehead atoms. The fraction of sp³-hybridized carbons (Fsp3) is 0.529. The molecule has 4 nitrogen and oxygen atoms in total. The highest BCUT2D eigenvalue weighted by atomic mass is 16.3. The van der Waals surface area contributed by atoms with Gasteiger partial charge in [0.05, 0.1) is 11.1 Å². The molecule has 0 aromatic heterocycles. The minimum Gasteiger partial charge on any atom is -0.396 e. The summed E-state index contributed by atoms with van der Waals surface area (Å²) < 4.78 is 0. The largest absolute Gasteiger partial charge is 0.396 e. The first kappa shape index (κ1) is 14.3.